The molecular formula is C22H26N2O2S2. The molecule has 0 unspecified atom stereocenters. The Morgan fingerprint density at radius 3 is 2.75 bits per heavy atom. The van der Waals surface area contributed by atoms with Crippen LogP contribution in [-0.4, -0.2) is 20.4 Å². The lowest BCUT2D eigenvalue weighted by molar-refractivity contribution is -0.0543. The summed E-state index contributed by atoms with van der Waals surface area (Å²) in [7, 11) is 0. The minimum atomic E-state index is -0.205. The zero-order valence-electron chi connectivity index (χ0n) is 16.8. The Bertz CT molecular complexity index is 1060. The number of hydrogen-bond donors (Lipinski definition) is 0. The van der Waals surface area contributed by atoms with Gasteiger partial charge in [0.15, 0.2) is 5.16 Å². The third kappa shape index (κ3) is 3.65. The summed E-state index contributed by atoms with van der Waals surface area (Å²) in [6.45, 7) is 9.66. The summed E-state index contributed by atoms with van der Waals surface area (Å²) >= 11 is 3.27. The van der Waals surface area contributed by atoms with Crippen LogP contribution in [-0.2, 0) is 24.3 Å². The Morgan fingerprint density at radius 2 is 2.07 bits per heavy atom. The maximum atomic E-state index is 13.6. The van der Waals surface area contributed by atoms with Gasteiger partial charge in [-0.2, -0.15) is 0 Å². The number of hydrogen-bond acceptors (Lipinski definition) is 5. The molecular weight excluding hydrogens is 388 g/mol. The monoisotopic (exact) mass is 414 g/mol. The van der Waals surface area contributed by atoms with Gasteiger partial charge < -0.3 is 4.74 Å². The van der Waals surface area contributed by atoms with Crippen molar-refractivity contribution in [2.45, 2.75) is 69.7 Å². The van der Waals surface area contributed by atoms with Gasteiger partial charge in [0.25, 0.3) is 5.56 Å². The van der Waals surface area contributed by atoms with E-state index >= 15 is 0 Å². The molecule has 0 saturated carbocycles. The molecule has 3 aromatic rings. The van der Waals surface area contributed by atoms with E-state index in [0.29, 0.717) is 18.4 Å². The minimum Gasteiger partial charge on any atom is -0.369 e. The fraction of sp³-hybridized carbons (Fsp3) is 0.455. The lowest BCUT2D eigenvalue weighted by Crippen LogP contribution is -2.34. The Kier molecular flexibility index (Phi) is 5.38. The number of benzene rings is 1. The van der Waals surface area contributed by atoms with Crippen molar-refractivity contribution in [3.8, 4) is 0 Å². The van der Waals surface area contributed by atoms with Crippen LogP contribution in [0.15, 0.2) is 40.3 Å². The summed E-state index contributed by atoms with van der Waals surface area (Å²) in [5.74, 6) is 0. The van der Waals surface area contributed by atoms with E-state index in [1.807, 2.05) is 22.8 Å². The van der Waals surface area contributed by atoms with Crippen molar-refractivity contribution in [3.05, 3.63) is 56.7 Å². The molecule has 28 heavy (non-hydrogen) atoms. The first kappa shape index (κ1) is 19.7. The summed E-state index contributed by atoms with van der Waals surface area (Å²) in [5, 5.41) is 1.95. The second-order valence-corrected chi connectivity index (χ2v) is 10.5. The summed E-state index contributed by atoms with van der Waals surface area (Å²) < 4.78 is 7.96. The molecule has 0 aliphatic carbocycles. The molecule has 148 valence electrons. The average molecular weight is 415 g/mol. The van der Waals surface area contributed by atoms with Gasteiger partial charge >= 0.3 is 0 Å². The number of thioether (sulfide) groups is 1. The van der Waals surface area contributed by atoms with Crippen LogP contribution in [0.4, 0.5) is 0 Å². The van der Waals surface area contributed by atoms with E-state index in [0.717, 1.165) is 44.2 Å². The van der Waals surface area contributed by atoms with E-state index in [1.165, 1.54) is 0 Å². The molecule has 1 aliphatic rings. The van der Waals surface area contributed by atoms with Gasteiger partial charge in [-0.05, 0) is 24.5 Å². The molecule has 0 N–H and O–H groups in total. The van der Waals surface area contributed by atoms with Gasteiger partial charge in [0.2, 0.25) is 0 Å². The van der Waals surface area contributed by atoms with Gasteiger partial charge in [-0.3, -0.25) is 9.36 Å². The van der Waals surface area contributed by atoms with Crippen molar-refractivity contribution in [1.29, 1.82) is 0 Å². The molecule has 0 fully saturated rings. The fourth-order valence-electron chi connectivity index (χ4n) is 3.57. The molecule has 4 rings (SSSR count). The van der Waals surface area contributed by atoms with Crippen LogP contribution in [0.3, 0.4) is 0 Å². The molecule has 1 atom stereocenters. The summed E-state index contributed by atoms with van der Waals surface area (Å²) in [6, 6.07) is 10.1. The first-order chi connectivity index (χ1) is 13.4. The SMILES string of the molecule is CC[C@@]1(C)Cc2c(sc3nc(SC(C)C)n(Cc4ccccc4)c(=O)c23)CO1. The Morgan fingerprint density at radius 1 is 1.32 bits per heavy atom. The van der Waals surface area contributed by atoms with Gasteiger partial charge in [-0.25, -0.2) is 4.98 Å². The number of thiophene rings is 1. The first-order valence-corrected chi connectivity index (χ1v) is 11.5. The highest BCUT2D eigenvalue weighted by molar-refractivity contribution is 7.99. The highest BCUT2D eigenvalue weighted by Gasteiger charge is 2.33. The van der Waals surface area contributed by atoms with Crippen molar-refractivity contribution in [1.82, 2.24) is 9.55 Å². The quantitative estimate of drug-likeness (QED) is 0.423. The van der Waals surface area contributed by atoms with Crippen LogP contribution < -0.4 is 5.56 Å². The van der Waals surface area contributed by atoms with E-state index in [4.69, 9.17) is 9.72 Å². The molecule has 2 aromatic heterocycles. The highest BCUT2D eigenvalue weighted by Crippen LogP contribution is 2.39. The second-order valence-electron chi connectivity index (χ2n) is 7.89. The maximum Gasteiger partial charge on any atom is 0.263 e. The molecule has 4 nitrogen and oxygen atoms in total. The standard InChI is InChI=1S/C22H26N2O2S2/c1-5-22(4)11-16-17(13-26-22)28-19-18(16)20(25)24(21(23-19)27-14(2)3)12-15-9-7-6-8-10-15/h6-10,14H,5,11-13H2,1-4H3/t22-/m0/s1. The van der Waals surface area contributed by atoms with Crippen molar-refractivity contribution in [3.63, 3.8) is 0 Å². The molecule has 0 radical (unpaired) electrons. The highest BCUT2D eigenvalue weighted by atomic mass is 32.2. The van der Waals surface area contributed by atoms with Gasteiger partial charge in [0, 0.05) is 16.5 Å². The van der Waals surface area contributed by atoms with Crippen LogP contribution in [0, 0.1) is 0 Å². The maximum absolute atomic E-state index is 13.6. The van der Waals surface area contributed by atoms with E-state index < -0.39 is 0 Å². The number of fused-ring (bicyclic) bond motifs is 3. The lowest BCUT2D eigenvalue weighted by Gasteiger charge is -2.32. The first-order valence-electron chi connectivity index (χ1n) is 9.80. The van der Waals surface area contributed by atoms with E-state index in [9.17, 15) is 4.79 Å². The van der Waals surface area contributed by atoms with Crippen LogP contribution in [0.25, 0.3) is 10.2 Å². The minimum absolute atomic E-state index is 0.0786. The molecule has 0 bridgehead atoms. The predicted molar refractivity (Wildman–Crippen MR) is 118 cm³/mol. The van der Waals surface area contributed by atoms with Gasteiger partial charge in [0.1, 0.15) is 4.83 Å². The van der Waals surface area contributed by atoms with Gasteiger partial charge in [-0.1, -0.05) is 62.9 Å². The van der Waals surface area contributed by atoms with E-state index in [-0.39, 0.29) is 11.2 Å². The normalized spacial score (nSPS) is 19.3. The van der Waals surface area contributed by atoms with Crippen molar-refractivity contribution in [2.75, 3.05) is 0 Å². The summed E-state index contributed by atoms with van der Waals surface area (Å²) in [6.07, 6.45) is 1.70. The smallest absolute Gasteiger partial charge is 0.263 e. The topological polar surface area (TPSA) is 44.1 Å². The van der Waals surface area contributed by atoms with E-state index in [2.05, 4.69) is 39.8 Å². The average Bonchev–Trinajstić information content (AvgIpc) is 3.02. The Labute approximate surface area is 174 Å². The van der Waals surface area contributed by atoms with Gasteiger partial charge in [-0.15, -0.1) is 11.3 Å². The van der Waals surface area contributed by atoms with Gasteiger partial charge in [0.05, 0.1) is 24.1 Å². The Balaban J connectivity index is 1.89. The molecule has 3 heterocycles. The zero-order valence-corrected chi connectivity index (χ0v) is 18.5. The number of nitrogens with zero attached hydrogens (tertiary/aromatic N) is 2. The van der Waals surface area contributed by atoms with Crippen LogP contribution in [0.2, 0.25) is 0 Å². The van der Waals surface area contributed by atoms with E-state index in [1.54, 1.807) is 23.1 Å². The third-order valence-corrected chi connectivity index (χ3v) is 7.43. The summed E-state index contributed by atoms with van der Waals surface area (Å²) in [4.78, 5) is 20.6. The van der Waals surface area contributed by atoms with Crippen LogP contribution in [0.5, 0.6) is 0 Å². The molecule has 0 spiro atoms. The van der Waals surface area contributed by atoms with Crippen LogP contribution in [0.1, 0.15) is 50.1 Å². The molecule has 6 heteroatoms. The predicted octanol–water partition coefficient (Wildman–Crippen LogP) is 5.25. The molecule has 1 aromatic carbocycles. The number of rotatable bonds is 5. The molecule has 0 saturated heterocycles. The number of ether oxygens (including phenoxy) is 1. The Hall–Kier alpha value is -1.63. The third-order valence-electron chi connectivity index (χ3n) is 5.33. The second kappa shape index (κ2) is 7.65. The fourth-order valence-corrected chi connectivity index (χ4v) is 5.56. The zero-order chi connectivity index (χ0) is 19.9. The van der Waals surface area contributed by atoms with Crippen molar-refractivity contribution in [2.24, 2.45) is 0 Å². The number of aromatic nitrogens is 2. The van der Waals surface area contributed by atoms with Crippen molar-refractivity contribution >= 4 is 33.3 Å². The largest absolute Gasteiger partial charge is 0.369 e. The molecule has 0 amide bonds. The molecule has 1 aliphatic heterocycles. The summed E-state index contributed by atoms with van der Waals surface area (Å²) in [5.41, 5.74) is 2.14. The lowest BCUT2D eigenvalue weighted by atomic mass is 9.90. The van der Waals surface area contributed by atoms with Crippen molar-refractivity contribution < 1.29 is 4.74 Å². The van der Waals surface area contributed by atoms with Crippen LogP contribution >= 0.6 is 23.1 Å².